The van der Waals surface area contributed by atoms with Crippen LogP contribution in [0.25, 0.3) is 11.0 Å². The first-order valence-corrected chi connectivity index (χ1v) is 6.26. The molecule has 7 nitrogen and oxygen atoms in total. The van der Waals surface area contributed by atoms with Gasteiger partial charge in [-0.15, -0.1) is 0 Å². The Labute approximate surface area is 109 Å². The summed E-state index contributed by atoms with van der Waals surface area (Å²) in [4.78, 5) is 8.21. The Hall–Kier alpha value is -1.70. The fraction of sp³-hybridized carbons (Fsp3) is 0.500. The maximum Gasteiger partial charge on any atom is 0.151 e. The number of nitrogens with zero attached hydrogens (tertiary/aromatic N) is 3. The highest BCUT2D eigenvalue weighted by atomic mass is 16.3. The average Bonchev–Trinajstić information content (AvgIpc) is 2.94. The summed E-state index contributed by atoms with van der Waals surface area (Å²) in [6, 6.07) is 1.56. The lowest BCUT2D eigenvalue weighted by atomic mass is 10.1. The molecule has 6 N–H and O–H groups in total. The maximum absolute atomic E-state index is 10.2. The van der Waals surface area contributed by atoms with Crippen molar-refractivity contribution in [2.75, 3.05) is 12.3 Å². The van der Waals surface area contributed by atoms with Crippen molar-refractivity contribution < 1.29 is 10.2 Å². The lowest BCUT2D eigenvalue weighted by molar-refractivity contribution is 0.00821. The number of pyridine rings is 1. The highest BCUT2D eigenvalue weighted by Crippen LogP contribution is 2.36. The zero-order valence-corrected chi connectivity index (χ0v) is 10.3. The topological polar surface area (TPSA) is 123 Å². The molecule has 0 saturated heterocycles. The van der Waals surface area contributed by atoms with Crippen LogP contribution in [-0.2, 0) is 0 Å². The average molecular weight is 263 g/mol. The van der Waals surface area contributed by atoms with Crippen molar-refractivity contribution in [1.29, 1.82) is 0 Å². The van der Waals surface area contributed by atoms with Crippen LogP contribution in [0, 0.1) is 5.92 Å². The highest BCUT2D eigenvalue weighted by Gasteiger charge is 2.42. The lowest BCUT2D eigenvalue weighted by Crippen LogP contribution is -2.31. The zero-order valence-electron chi connectivity index (χ0n) is 10.3. The maximum atomic E-state index is 10.2. The molecule has 0 amide bonds. The fourth-order valence-electron chi connectivity index (χ4n) is 2.86. The van der Waals surface area contributed by atoms with Crippen molar-refractivity contribution in [2.24, 2.45) is 11.7 Å². The minimum absolute atomic E-state index is 0.100. The molecule has 0 radical (unpaired) electrons. The van der Waals surface area contributed by atoms with Gasteiger partial charge in [-0.1, -0.05) is 0 Å². The third kappa shape index (κ3) is 1.78. The zero-order chi connectivity index (χ0) is 13.6. The summed E-state index contributed by atoms with van der Waals surface area (Å²) in [6.07, 6.45) is 2.20. The Morgan fingerprint density at radius 3 is 2.79 bits per heavy atom. The number of aliphatic hydroxyl groups is 2. The number of hydrogen-bond acceptors (Lipinski definition) is 6. The van der Waals surface area contributed by atoms with Gasteiger partial charge in [-0.2, -0.15) is 0 Å². The SMILES string of the molecule is NC[C@@H]1C[C@H](n2cnc3c(N)nccc32)[C@@H](O)[C@H]1O. The van der Waals surface area contributed by atoms with Gasteiger partial charge in [0.2, 0.25) is 0 Å². The predicted octanol–water partition coefficient (Wildman–Crippen LogP) is -0.745. The molecule has 1 saturated carbocycles. The van der Waals surface area contributed by atoms with Gasteiger partial charge in [-0.05, 0) is 19.0 Å². The molecule has 0 spiro atoms. The van der Waals surface area contributed by atoms with Crippen molar-refractivity contribution in [3.63, 3.8) is 0 Å². The minimum Gasteiger partial charge on any atom is -0.390 e. The van der Waals surface area contributed by atoms with Crippen LogP contribution in [0.2, 0.25) is 0 Å². The Morgan fingerprint density at radius 1 is 1.32 bits per heavy atom. The van der Waals surface area contributed by atoms with E-state index in [1.54, 1.807) is 18.6 Å². The van der Waals surface area contributed by atoms with Crippen LogP contribution in [0.15, 0.2) is 18.6 Å². The summed E-state index contributed by atoms with van der Waals surface area (Å²) in [5.41, 5.74) is 12.8. The molecule has 0 aliphatic heterocycles. The Morgan fingerprint density at radius 2 is 2.11 bits per heavy atom. The Balaban J connectivity index is 2.04. The van der Waals surface area contributed by atoms with Crippen molar-refractivity contribution in [1.82, 2.24) is 14.5 Å². The molecule has 4 atom stereocenters. The number of fused-ring (bicyclic) bond motifs is 1. The van der Waals surface area contributed by atoms with Crippen LogP contribution in [0.3, 0.4) is 0 Å². The van der Waals surface area contributed by atoms with E-state index in [2.05, 4.69) is 9.97 Å². The van der Waals surface area contributed by atoms with Crippen molar-refractivity contribution >= 4 is 16.9 Å². The van der Waals surface area contributed by atoms with E-state index in [0.29, 0.717) is 24.3 Å². The summed E-state index contributed by atoms with van der Waals surface area (Å²) >= 11 is 0. The fourth-order valence-corrected chi connectivity index (χ4v) is 2.86. The molecule has 2 heterocycles. The van der Waals surface area contributed by atoms with Gasteiger partial charge in [-0.3, -0.25) is 0 Å². The Kier molecular flexibility index (Phi) is 2.89. The molecular formula is C12H17N5O2. The van der Waals surface area contributed by atoms with E-state index in [0.717, 1.165) is 5.52 Å². The molecule has 102 valence electrons. The van der Waals surface area contributed by atoms with Crippen LogP contribution in [-0.4, -0.2) is 43.5 Å². The first kappa shape index (κ1) is 12.3. The first-order chi connectivity index (χ1) is 9.13. The summed E-state index contributed by atoms with van der Waals surface area (Å²) in [6.45, 7) is 0.352. The van der Waals surface area contributed by atoms with Crippen molar-refractivity contribution in [2.45, 2.75) is 24.7 Å². The van der Waals surface area contributed by atoms with Gasteiger partial charge in [-0.25, -0.2) is 9.97 Å². The van der Waals surface area contributed by atoms with Gasteiger partial charge >= 0.3 is 0 Å². The Bertz CT molecular complexity index is 599. The van der Waals surface area contributed by atoms with E-state index in [4.69, 9.17) is 11.5 Å². The smallest absolute Gasteiger partial charge is 0.151 e. The summed E-state index contributed by atoms with van der Waals surface area (Å²) in [5.74, 6) is 0.260. The highest BCUT2D eigenvalue weighted by molar-refractivity contribution is 5.84. The van der Waals surface area contributed by atoms with E-state index in [-0.39, 0.29) is 12.0 Å². The second-order valence-corrected chi connectivity index (χ2v) is 5.00. The molecule has 0 bridgehead atoms. The number of imidazole rings is 1. The molecule has 1 fully saturated rings. The molecule has 3 rings (SSSR count). The standard InChI is InChI=1S/C12H17N5O2/c13-4-6-3-8(11(19)10(6)18)17-5-16-9-7(17)1-2-15-12(9)14/h1-2,5-6,8,10-11,18-19H,3-4,13H2,(H2,14,15)/t6-,8-,10-,11+/m0/s1. The number of aliphatic hydroxyl groups excluding tert-OH is 2. The quantitative estimate of drug-likeness (QED) is 0.565. The normalized spacial score (nSPS) is 31.1. The van der Waals surface area contributed by atoms with Gasteiger partial charge < -0.3 is 26.2 Å². The van der Waals surface area contributed by atoms with Crippen molar-refractivity contribution in [3.8, 4) is 0 Å². The molecular weight excluding hydrogens is 246 g/mol. The number of rotatable bonds is 2. The molecule has 2 aromatic heterocycles. The molecule has 0 unspecified atom stereocenters. The number of aromatic nitrogens is 3. The lowest BCUT2D eigenvalue weighted by Gasteiger charge is -2.18. The van der Waals surface area contributed by atoms with E-state index < -0.39 is 12.2 Å². The van der Waals surface area contributed by atoms with E-state index in [9.17, 15) is 10.2 Å². The number of anilines is 1. The van der Waals surface area contributed by atoms with Crippen LogP contribution in [0.5, 0.6) is 0 Å². The minimum atomic E-state index is -0.847. The van der Waals surface area contributed by atoms with E-state index in [1.165, 1.54) is 0 Å². The molecule has 1 aliphatic rings. The van der Waals surface area contributed by atoms with Gasteiger partial charge in [0.15, 0.2) is 5.82 Å². The molecule has 1 aliphatic carbocycles. The number of hydrogen-bond donors (Lipinski definition) is 4. The summed E-state index contributed by atoms with van der Waals surface area (Å²) in [5, 5.41) is 20.1. The van der Waals surface area contributed by atoms with Crippen LogP contribution >= 0.6 is 0 Å². The van der Waals surface area contributed by atoms with Gasteiger partial charge in [0.25, 0.3) is 0 Å². The number of nitrogen functional groups attached to an aromatic ring is 1. The third-order valence-electron chi connectivity index (χ3n) is 3.95. The summed E-state index contributed by atoms with van der Waals surface area (Å²) < 4.78 is 1.84. The predicted molar refractivity (Wildman–Crippen MR) is 70.2 cm³/mol. The van der Waals surface area contributed by atoms with Crippen molar-refractivity contribution in [3.05, 3.63) is 18.6 Å². The second kappa shape index (κ2) is 4.44. The van der Waals surface area contributed by atoms with Gasteiger partial charge in [0, 0.05) is 12.1 Å². The summed E-state index contributed by atoms with van der Waals surface area (Å²) in [7, 11) is 0. The van der Waals surface area contributed by atoms with E-state index in [1.807, 2.05) is 4.57 Å². The van der Waals surface area contributed by atoms with Crippen LogP contribution in [0.1, 0.15) is 12.5 Å². The van der Waals surface area contributed by atoms with Crippen LogP contribution < -0.4 is 11.5 Å². The van der Waals surface area contributed by atoms with E-state index >= 15 is 0 Å². The third-order valence-corrected chi connectivity index (χ3v) is 3.95. The monoisotopic (exact) mass is 263 g/mol. The molecule has 2 aromatic rings. The molecule has 0 aromatic carbocycles. The molecule has 7 heteroatoms. The first-order valence-electron chi connectivity index (χ1n) is 6.26. The number of nitrogens with two attached hydrogens (primary N) is 2. The molecule has 19 heavy (non-hydrogen) atoms. The van der Waals surface area contributed by atoms with Gasteiger partial charge in [0.05, 0.1) is 24.0 Å². The largest absolute Gasteiger partial charge is 0.390 e. The second-order valence-electron chi connectivity index (χ2n) is 5.00. The van der Waals surface area contributed by atoms with Gasteiger partial charge in [0.1, 0.15) is 11.6 Å². The van der Waals surface area contributed by atoms with Crippen LogP contribution in [0.4, 0.5) is 5.82 Å².